The van der Waals surface area contributed by atoms with Gasteiger partial charge in [0, 0.05) is 5.56 Å². The number of fused-ring (bicyclic) bond motifs is 1. The van der Waals surface area contributed by atoms with Crippen LogP contribution in [0.3, 0.4) is 0 Å². The van der Waals surface area contributed by atoms with Crippen molar-refractivity contribution in [2.75, 3.05) is 7.11 Å². The minimum Gasteiger partial charge on any atom is -0.464 e. The number of esters is 1. The molecular weight excluding hydrogens is 344 g/mol. The first-order valence-electron chi connectivity index (χ1n) is 8.20. The van der Waals surface area contributed by atoms with E-state index in [4.69, 9.17) is 0 Å². The van der Waals surface area contributed by atoms with Gasteiger partial charge in [0.1, 0.15) is 11.4 Å². The number of methoxy groups -OCH3 is 1. The zero-order chi connectivity index (χ0) is 19.6. The first kappa shape index (κ1) is 18.1. The topological polar surface area (TPSA) is 75.7 Å². The monoisotopic (exact) mass is 362 g/mol. The predicted molar refractivity (Wildman–Crippen MR) is 100 cm³/mol. The SMILES string of the molecule is C=C(NC(=O)C(=C)N1Cc2c(cccc2-c2ccccc2)C1=O)C(=O)OC. The van der Waals surface area contributed by atoms with Gasteiger partial charge in [0.25, 0.3) is 11.8 Å². The van der Waals surface area contributed by atoms with Crippen molar-refractivity contribution in [3.05, 3.63) is 84.2 Å². The van der Waals surface area contributed by atoms with Crippen LogP contribution in [0.25, 0.3) is 11.1 Å². The lowest BCUT2D eigenvalue weighted by molar-refractivity contribution is -0.137. The maximum atomic E-state index is 12.8. The van der Waals surface area contributed by atoms with E-state index in [0.717, 1.165) is 16.7 Å². The number of nitrogens with zero attached hydrogens (tertiary/aromatic N) is 1. The summed E-state index contributed by atoms with van der Waals surface area (Å²) >= 11 is 0. The highest BCUT2D eigenvalue weighted by Crippen LogP contribution is 2.34. The van der Waals surface area contributed by atoms with Crippen LogP contribution in [0.2, 0.25) is 0 Å². The highest BCUT2D eigenvalue weighted by atomic mass is 16.5. The van der Waals surface area contributed by atoms with E-state index < -0.39 is 11.9 Å². The Bertz CT molecular complexity index is 963. The lowest BCUT2D eigenvalue weighted by Crippen LogP contribution is -2.36. The molecule has 3 rings (SSSR count). The van der Waals surface area contributed by atoms with Gasteiger partial charge in [-0.2, -0.15) is 0 Å². The molecule has 136 valence electrons. The fourth-order valence-electron chi connectivity index (χ4n) is 2.95. The molecule has 0 bridgehead atoms. The molecular formula is C21H18N2O4. The quantitative estimate of drug-likeness (QED) is 0.655. The Morgan fingerprint density at radius 3 is 2.37 bits per heavy atom. The van der Waals surface area contributed by atoms with Crippen molar-refractivity contribution in [3.63, 3.8) is 0 Å². The number of rotatable bonds is 5. The van der Waals surface area contributed by atoms with E-state index in [0.29, 0.717) is 5.56 Å². The Hall–Kier alpha value is -3.67. The van der Waals surface area contributed by atoms with Crippen molar-refractivity contribution in [3.8, 4) is 11.1 Å². The largest absolute Gasteiger partial charge is 0.464 e. The molecule has 2 aromatic carbocycles. The zero-order valence-electron chi connectivity index (χ0n) is 14.8. The fraction of sp³-hybridized carbons (Fsp3) is 0.0952. The second-order valence-electron chi connectivity index (χ2n) is 5.96. The Morgan fingerprint density at radius 1 is 1.04 bits per heavy atom. The molecule has 0 spiro atoms. The van der Waals surface area contributed by atoms with Crippen LogP contribution in [0.5, 0.6) is 0 Å². The van der Waals surface area contributed by atoms with Crippen LogP contribution in [0, 0.1) is 0 Å². The smallest absolute Gasteiger partial charge is 0.353 e. The molecule has 1 heterocycles. The lowest BCUT2D eigenvalue weighted by Gasteiger charge is -2.18. The Morgan fingerprint density at radius 2 is 1.70 bits per heavy atom. The summed E-state index contributed by atoms with van der Waals surface area (Å²) in [6.45, 7) is 7.36. The van der Waals surface area contributed by atoms with E-state index in [1.807, 2.05) is 42.5 Å². The molecule has 1 aliphatic rings. The van der Waals surface area contributed by atoms with E-state index in [-0.39, 0.29) is 23.8 Å². The van der Waals surface area contributed by atoms with Crippen molar-refractivity contribution >= 4 is 17.8 Å². The van der Waals surface area contributed by atoms with Gasteiger partial charge in [-0.15, -0.1) is 0 Å². The van der Waals surface area contributed by atoms with Crippen LogP contribution < -0.4 is 5.32 Å². The number of carbonyl (C=O) groups excluding carboxylic acids is 3. The van der Waals surface area contributed by atoms with Gasteiger partial charge in [-0.25, -0.2) is 4.79 Å². The van der Waals surface area contributed by atoms with Crippen molar-refractivity contribution < 1.29 is 19.1 Å². The van der Waals surface area contributed by atoms with E-state index in [1.54, 1.807) is 6.07 Å². The predicted octanol–water partition coefficient (Wildman–Crippen LogP) is 2.63. The molecule has 2 amide bonds. The van der Waals surface area contributed by atoms with E-state index in [1.165, 1.54) is 12.0 Å². The summed E-state index contributed by atoms with van der Waals surface area (Å²) in [5, 5.41) is 2.30. The first-order valence-corrected chi connectivity index (χ1v) is 8.20. The summed E-state index contributed by atoms with van der Waals surface area (Å²) < 4.78 is 4.49. The molecule has 27 heavy (non-hydrogen) atoms. The lowest BCUT2D eigenvalue weighted by atomic mass is 9.97. The highest BCUT2D eigenvalue weighted by molar-refractivity contribution is 6.07. The Balaban J connectivity index is 1.85. The highest BCUT2D eigenvalue weighted by Gasteiger charge is 2.33. The molecule has 0 fully saturated rings. The summed E-state index contributed by atoms with van der Waals surface area (Å²) in [7, 11) is 1.18. The van der Waals surface area contributed by atoms with Crippen molar-refractivity contribution in [1.29, 1.82) is 0 Å². The number of carbonyl (C=O) groups is 3. The molecule has 1 N–H and O–H groups in total. The Kier molecular flexibility index (Phi) is 4.90. The summed E-state index contributed by atoms with van der Waals surface area (Å²) in [5.74, 6) is -1.77. The molecule has 2 aromatic rings. The standard InChI is InChI=1S/C21H18N2O4/c1-13(21(26)27-3)22-19(24)14(2)23-12-18-16(15-8-5-4-6-9-15)10-7-11-17(18)20(23)25/h4-11H,1-2,12H2,3H3,(H,22,24). The second kappa shape index (κ2) is 7.29. The molecule has 0 saturated heterocycles. The molecule has 0 saturated carbocycles. The maximum absolute atomic E-state index is 12.8. The normalized spacial score (nSPS) is 12.3. The summed E-state index contributed by atoms with van der Waals surface area (Å²) in [4.78, 5) is 37.8. The molecule has 0 atom stereocenters. The number of ether oxygens (including phenoxy) is 1. The van der Waals surface area contributed by atoms with Gasteiger partial charge in [-0.3, -0.25) is 14.5 Å². The third-order valence-electron chi connectivity index (χ3n) is 4.34. The third-order valence-corrected chi connectivity index (χ3v) is 4.34. The Labute approximate surface area is 156 Å². The molecule has 0 aliphatic carbocycles. The average molecular weight is 362 g/mol. The number of hydrogen-bond donors (Lipinski definition) is 1. The van der Waals surface area contributed by atoms with Gasteiger partial charge in [-0.05, 0) is 22.8 Å². The van der Waals surface area contributed by atoms with Gasteiger partial charge in [0.15, 0.2) is 0 Å². The molecule has 0 aromatic heterocycles. The minimum atomic E-state index is -0.765. The molecule has 0 unspecified atom stereocenters. The second-order valence-corrected chi connectivity index (χ2v) is 5.96. The van der Waals surface area contributed by atoms with Crippen LogP contribution in [-0.4, -0.2) is 29.8 Å². The molecule has 0 radical (unpaired) electrons. The summed E-state index contributed by atoms with van der Waals surface area (Å²) in [6.07, 6.45) is 0. The van der Waals surface area contributed by atoms with Crippen LogP contribution in [-0.2, 0) is 20.9 Å². The number of benzene rings is 2. The van der Waals surface area contributed by atoms with Gasteiger partial charge < -0.3 is 10.1 Å². The zero-order valence-corrected chi connectivity index (χ0v) is 14.8. The average Bonchev–Trinajstić information content (AvgIpc) is 3.04. The van der Waals surface area contributed by atoms with E-state index in [2.05, 4.69) is 23.2 Å². The van der Waals surface area contributed by atoms with Gasteiger partial charge in [0.2, 0.25) is 0 Å². The number of hydrogen-bond acceptors (Lipinski definition) is 4. The van der Waals surface area contributed by atoms with Crippen LogP contribution >= 0.6 is 0 Å². The molecule has 6 nitrogen and oxygen atoms in total. The van der Waals surface area contributed by atoms with Gasteiger partial charge in [0.05, 0.1) is 13.7 Å². The van der Waals surface area contributed by atoms with Crippen LogP contribution in [0.15, 0.2) is 73.1 Å². The minimum absolute atomic E-state index is 0.0692. The summed E-state index contributed by atoms with van der Waals surface area (Å²) in [6, 6.07) is 15.2. The fourth-order valence-corrected chi connectivity index (χ4v) is 2.95. The van der Waals surface area contributed by atoms with E-state index in [9.17, 15) is 14.4 Å². The first-order chi connectivity index (χ1) is 12.9. The number of nitrogens with one attached hydrogen (secondary N) is 1. The maximum Gasteiger partial charge on any atom is 0.353 e. The van der Waals surface area contributed by atoms with Crippen molar-refractivity contribution in [2.24, 2.45) is 0 Å². The van der Waals surface area contributed by atoms with E-state index >= 15 is 0 Å². The summed E-state index contributed by atoms with van der Waals surface area (Å²) in [5.41, 5.74) is 2.97. The van der Waals surface area contributed by atoms with Crippen LogP contribution in [0.1, 0.15) is 15.9 Å². The number of amides is 2. The molecule has 6 heteroatoms. The third kappa shape index (κ3) is 3.37. The van der Waals surface area contributed by atoms with Gasteiger partial charge >= 0.3 is 5.97 Å². The van der Waals surface area contributed by atoms with Crippen molar-refractivity contribution in [1.82, 2.24) is 10.2 Å². The van der Waals surface area contributed by atoms with Gasteiger partial charge in [-0.1, -0.05) is 55.6 Å². The van der Waals surface area contributed by atoms with Crippen LogP contribution in [0.4, 0.5) is 0 Å². The van der Waals surface area contributed by atoms with Crippen molar-refractivity contribution in [2.45, 2.75) is 6.54 Å². The molecule has 1 aliphatic heterocycles.